The quantitative estimate of drug-likeness (QED) is 0.766. The van der Waals surface area contributed by atoms with Gasteiger partial charge in [0.25, 0.3) is 0 Å². The number of aryl methyl sites for hydroxylation is 2. The van der Waals surface area contributed by atoms with E-state index < -0.39 is 0 Å². The van der Waals surface area contributed by atoms with Crippen LogP contribution in [0.5, 0.6) is 0 Å². The molecule has 0 aliphatic heterocycles. The molecule has 0 spiro atoms. The zero-order chi connectivity index (χ0) is 10.7. The number of hydrogen-bond acceptors (Lipinski definition) is 3. The minimum Gasteiger partial charge on any atom is -0.349 e. The predicted molar refractivity (Wildman–Crippen MR) is 64.2 cm³/mol. The van der Waals surface area contributed by atoms with Crippen molar-refractivity contribution in [1.29, 1.82) is 0 Å². The van der Waals surface area contributed by atoms with Crippen molar-refractivity contribution in [3.8, 4) is 0 Å². The smallest absolute Gasteiger partial charge is 0.230 e. The molecule has 2 nitrogen and oxygen atoms in total. The lowest BCUT2D eigenvalue weighted by Crippen LogP contribution is -2.27. The molecule has 0 fully saturated rings. The fourth-order valence-corrected chi connectivity index (χ4v) is 2.56. The standard InChI is InChI=1S/C10H15NOS2/c1-6-4-9(8(3)14-6)7(2)11-10(12)5-13/h4,7,13H,5H2,1-3H3,(H,11,12). The van der Waals surface area contributed by atoms with Crippen LogP contribution in [-0.4, -0.2) is 11.7 Å². The van der Waals surface area contributed by atoms with E-state index in [1.165, 1.54) is 15.3 Å². The maximum absolute atomic E-state index is 11.1. The van der Waals surface area contributed by atoms with E-state index in [1.54, 1.807) is 11.3 Å². The third kappa shape index (κ3) is 2.75. The first kappa shape index (κ1) is 11.6. The monoisotopic (exact) mass is 229 g/mol. The highest BCUT2D eigenvalue weighted by atomic mass is 32.1. The first-order valence-electron chi connectivity index (χ1n) is 4.51. The van der Waals surface area contributed by atoms with Gasteiger partial charge in [0.2, 0.25) is 5.91 Å². The number of nitrogens with one attached hydrogen (secondary N) is 1. The highest BCUT2D eigenvalue weighted by Crippen LogP contribution is 2.25. The Morgan fingerprint density at radius 3 is 2.71 bits per heavy atom. The SMILES string of the molecule is Cc1cc(C(C)NC(=O)CS)c(C)s1. The molecule has 78 valence electrons. The third-order valence-corrected chi connectivity index (χ3v) is 3.34. The summed E-state index contributed by atoms with van der Waals surface area (Å²) < 4.78 is 0. The molecular weight excluding hydrogens is 214 g/mol. The van der Waals surface area contributed by atoms with Gasteiger partial charge in [-0.2, -0.15) is 12.6 Å². The van der Waals surface area contributed by atoms with Crippen molar-refractivity contribution in [2.45, 2.75) is 26.8 Å². The summed E-state index contributed by atoms with van der Waals surface area (Å²) >= 11 is 5.69. The van der Waals surface area contributed by atoms with Gasteiger partial charge in [0.1, 0.15) is 0 Å². The lowest BCUT2D eigenvalue weighted by Gasteiger charge is -2.12. The molecule has 1 atom stereocenters. The normalized spacial score (nSPS) is 12.6. The molecule has 0 saturated heterocycles. The van der Waals surface area contributed by atoms with Crippen molar-refractivity contribution < 1.29 is 4.79 Å². The molecule has 1 unspecified atom stereocenters. The molecule has 1 aromatic heterocycles. The molecule has 0 saturated carbocycles. The molecule has 0 aliphatic carbocycles. The molecule has 4 heteroatoms. The summed E-state index contributed by atoms with van der Waals surface area (Å²) in [4.78, 5) is 13.7. The number of rotatable bonds is 3. The van der Waals surface area contributed by atoms with Crippen LogP contribution in [0.3, 0.4) is 0 Å². The zero-order valence-corrected chi connectivity index (χ0v) is 10.3. The van der Waals surface area contributed by atoms with Crippen molar-refractivity contribution in [2.75, 3.05) is 5.75 Å². The Hall–Kier alpha value is -0.480. The average molecular weight is 229 g/mol. The van der Waals surface area contributed by atoms with Crippen molar-refractivity contribution >= 4 is 29.9 Å². The Bertz CT molecular complexity index is 333. The van der Waals surface area contributed by atoms with E-state index in [-0.39, 0.29) is 17.7 Å². The summed E-state index contributed by atoms with van der Waals surface area (Å²) in [7, 11) is 0. The van der Waals surface area contributed by atoms with Gasteiger partial charge in [-0.1, -0.05) is 0 Å². The van der Waals surface area contributed by atoms with Crippen LogP contribution in [0.4, 0.5) is 0 Å². The Labute approximate surface area is 94.1 Å². The van der Waals surface area contributed by atoms with Crippen LogP contribution in [0.25, 0.3) is 0 Å². The topological polar surface area (TPSA) is 29.1 Å². The number of carbonyl (C=O) groups excluding carboxylic acids is 1. The molecular formula is C10H15NOS2. The van der Waals surface area contributed by atoms with E-state index >= 15 is 0 Å². The van der Waals surface area contributed by atoms with Gasteiger partial charge < -0.3 is 5.32 Å². The van der Waals surface area contributed by atoms with Gasteiger partial charge in [-0.05, 0) is 32.4 Å². The summed E-state index contributed by atoms with van der Waals surface area (Å²) in [5.74, 6) is 0.219. The fourth-order valence-electron chi connectivity index (χ4n) is 1.45. The fraction of sp³-hybridized carbons (Fsp3) is 0.500. The summed E-state index contributed by atoms with van der Waals surface area (Å²) in [6, 6.07) is 2.21. The molecule has 0 bridgehead atoms. The largest absolute Gasteiger partial charge is 0.349 e. The zero-order valence-electron chi connectivity index (χ0n) is 8.63. The minimum absolute atomic E-state index is 0.0240. The maximum atomic E-state index is 11.1. The van der Waals surface area contributed by atoms with Crippen molar-refractivity contribution in [2.24, 2.45) is 0 Å². The molecule has 1 amide bonds. The van der Waals surface area contributed by atoms with Crippen LogP contribution in [-0.2, 0) is 4.79 Å². The van der Waals surface area contributed by atoms with Crippen molar-refractivity contribution in [3.63, 3.8) is 0 Å². The summed E-state index contributed by atoms with van der Waals surface area (Å²) in [6.07, 6.45) is 0. The van der Waals surface area contributed by atoms with E-state index in [1.807, 2.05) is 6.92 Å². The average Bonchev–Trinajstić information content (AvgIpc) is 2.45. The number of carbonyl (C=O) groups is 1. The highest BCUT2D eigenvalue weighted by Gasteiger charge is 2.12. The first-order chi connectivity index (χ1) is 6.54. The summed E-state index contributed by atoms with van der Waals surface area (Å²) in [5, 5.41) is 2.89. The molecule has 0 radical (unpaired) electrons. The van der Waals surface area contributed by atoms with Gasteiger partial charge in [-0.25, -0.2) is 0 Å². The van der Waals surface area contributed by atoms with Crippen LogP contribution in [0, 0.1) is 13.8 Å². The Morgan fingerprint density at radius 2 is 2.29 bits per heavy atom. The lowest BCUT2D eigenvalue weighted by molar-refractivity contribution is -0.119. The number of hydrogen-bond donors (Lipinski definition) is 2. The van der Waals surface area contributed by atoms with E-state index in [9.17, 15) is 4.79 Å². The Balaban J connectivity index is 2.73. The minimum atomic E-state index is -0.0240. The van der Waals surface area contributed by atoms with Gasteiger partial charge in [-0.3, -0.25) is 4.79 Å². The summed E-state index contributed by atoms with van der Waals surface area (Å²) in [5.41, 5.74) is 1.21. The summed E-state index contributed by atoms with van der Waals surface area (Å²) in [6.45, 7) is 6.15. The number of thiophene rings is 1. The second kappa shape index (κ2) is 4.84. The first-order valence-corrected chi connectivity index (χ1v) is 5.96. The van der Waals surface area contributed by atoms with Crippen LogP contribution >= 0.6 is 24.0 Å². The van der Waals surface area contributed by atoms with E-state index in [0.717, 1.165) is 0 Å². The van der Waals surface area contributed by atoms with E-state index in [0.29, 0.717) is 0 Å². The molecule has 0 aromatic carbocycles. The van der Waals surface area contributed by atoms with Gasteiger partial charge in [0, 0.05) is 9.75 Å². The van der Waals surface area contributed by atoms with Crippen LogP contribution in [0.2, 0.25) is 0 Å². The molecule has 0 aliphatic rings. The Kier molecular flexibility index (Phi) is 4.01. The van der Waals surface area contributed by atoms with E-state index in [4.69, 9.17) is 0 Å². The second-order valence-corrected chi connectivity index (χ2v) is 5.09. The molecule has 1 heterocycles. The van der Waals surface area contributed by atoms with Gasteiger partial charge in [-0.15, -0.1) is 11.3 Å². The molecule has 1 N–H and O–H groups in total. The van der Waals surface area contributed by atoms with E-state index in [2.05, 4.69) is 37.9 Å². The molecule has 1 aromatic rings. The van der Waals surface area contributed by atoms with Crippen molar-refractivity contribution in [1.82, 2.24) is 5.32 Å². The third-order valence-electron chi connectivity index (χ3n) is 2.07. The second-order valence-electron chi connectivity index (χ2n) is 3.32. The Morgan fingerprint density at radius 1 is 1.64 bits per heavy atom. The van der Waals surface area contributed by atoms with Gasteiger partial charge >= 0.3 is 0 Å². The number of amides is 1. The molecule has 1 rings (SSSR count). The van der Waals surface area contributed by atoms with Gasteiger partial charge in [0.15, 0.2) is 0 Å². The predicted octanol–water partition coefficient (Wildman–Crippen LogP) is 2.47. The number of thiol groups is 1. The lowest BCUT2D eigenvalue weighted by atomic mass is 10.1. The maximum Gasteiger partial charge on any atom is 0.230 e. The van der Waals surface area contributed by atoms with Crippen LogP contribution in [0.15, 0.2) is 6.07 Å². The van der Waals surface area contributed by atoms with Crippen molar-refractivity contribution in [3.05, 3.63) is 21.4 Å². The van der Waals surface area contributed by atoms with Crippen LogP contribution < -0.4 is 5.32 Å². The molecule has 14 heavy (non-hydrogen) atoms. The van der Waals surface area contributed by atoms with Crippen LogP contribution in [0.1, 0.15) is 28.3 Å². The van der Waals surface area contributed by atoms with Gasteiger partial charge in [0.05, 0.1) is 11.8 Å². The highest BCUT2D eigenvalue weighted by molar-refractivity contribution is 7.81.